The van der Waals surface area contributed by atoms with E-state index in [9.17, 15) is 19.5 Å². The molecule has 1 heterocycles. The number of carbonyl (C=O) groups is 3. The minimum Gasteiger partial charge on any atom is -0.478 e. The number of aromatic carboxylic acids is 1. The van der Waals surface area contributed by atoms with Crippen molar-refractivity contribution in [1.29, 1.82) is 0 Å². The summed E-state index contributed by atoms with van der Waals surface area (Å²) < 4.78 is 1.90. The normalized spacial score (nSPS) is 10.8. The Hall–Kier alpha value is -2.83. The Balaban J connectivity index is 2.62. The fourth-order valence-corrected chi connectivity index (χ4v) is 2.11. The summed E-state index contributed by atoms with van der Waals surface area (Å²) in [7, 11) is 0. The van der Waals surface area contributed by atoms with Crippen LogP contribution in [0, 0.1) is 0 Å². The molecule has 2 rings (SSSR count). The van der Waals surface area contributed by atoms with Crippen LogP contribution in [-0.4, -0.2) is 32.6 Å². The molecule has 7 heteroatoms. The number of amides is 1. The minimum atomic E-state index is -1.68. The van der Waals surface area contributed by atoms with Crippen LogP contribution >= 0.6 is 0 Å². The van der Waals surface area contributed by atoms with E-state index in [1.54, 1.807) is 6.07 Å². The summed E-state index contributed by atoms with van der Waals surface area (Å²) in [6, 6.07) is 4.79. The molecule has 1 amide bonds. The zero-order chi connectivity index (χ0) is 15.7. The maximum atomic E-state index is 11.3. The molecule has 0 spiro atoms. The van der Waals surface area contributed by atoms with Gasteiger partial charge in [-0.05, 0) is 32.0 Å². The summed E-state index contributed by atoms with van der Waals surface area (Å²) in [6.07, 6.45) is 1.81. The van der Waals surface area contributed by atoms with E-state index in [0.29, 0.717) is 5.39 Å². The van der Waals surface area contributed by atoms with E-state index < -0.39 is 17.8 Å². The lowest BCUT2D eigenvalue weighted by Crippen LogP contribution is -2.23. The van der Waals surface area contributed by atoms with E-state index in [-0.39, 0.29) is 17.3 Å². The number of hydrogen-bond donors (Lipinski definition) is 3. The van der Waals surface area contributed by atoms with Crippen LogP contribution in [0.2, 0.25) is 0 Å². The number of aromatic nitrogens is 1. The Bertz CT molecular complexity index is 745. The average molecular weight is 290 g/mol. The quantitative estimate of drug-likeness (QED) is 0.748. The largest absolute Gasteiger partial charge is 0.478 e. The van der Waals surface area contributed by atoms with Crippen molar-refractivity contribution in [3.8, 4) is 0 Å². The molecule has 21 heavy (non-hydrogen) atoms. The van der Waals surface area contributed by atoms with Gasteiger partial charge in [-0.3, -0.25) is 4.79 Å². The maximum absolute atomic E-state index is 11.3. The van der Waals surface area contributed by atoms with Crippen LogP contribution in [0.25, 0.3) is 10.9 Å². The molecular weight excluding hydrogens is 276 g/mol. The molecule has 0 fully saturated rings. The molecule has 110 valence electrons. The monoisotopic (exact) mass is 290 g/mol. The van der Waals surface area contributed by atoms with Crippen LogP contribution in [-0.2, 0) is 9.59 Å². The van der Waals surface area contributed by atoms with Crippen molar-refractivity contribution in [3.63, 3.8) is 0 Å². The Morgan fingerprint density at radius 2 is 1.86 bits per heavy atom. The molecule has 1 aromatic carbocycles. The Morgan fingerprint density at radius 1 is 1.19 bits per heavy atom. The Kier molecular flexibility index (Phi) is 3.66. The van der Waals surface area contributed by atoms with Crippen LogP contribution in [0.4, 0.5) is 5.69 Å². The third-order valence-electron chi connectivity index (χ3n) is 3.09. The molecule has 0 aliphatic rings. The Morgan fingerprint density at radius 3 is 2.38 bits per heavy atom. The first-order valence-electron chi connectivity index (χ1n) is 6.23. The number of fused-ring (bicyclic) bond motifs is 1. The molecule has 2 aromatic rings. The highest BCUT2D eigenvalue weighted by Gasteiger charge is 2.19. The first-order valence-corrected chi connectivity index (χ1v) is 6.23. The topological polar surface area (TPSA) is 109 Å². The van der Waals surface area contributed by atoms with Crippen LogP contribution < -0.4 is 5.32 Å². The van der Waals surface area contributed by atoms with Crippen molar-refractivity contribution in [2.24, 2.45) is 0 Å². The molecule has 0 atom stereocenters. The number of hydrogen-bond acceptors (Lipinski definition) is 3. The van der Waals surface area contributed by atoms with Crippen molar-refractivity contribution in [2.75, 3.05) is 5.32 Å². The van der Waals surface area contributed by atoms with E-state index >= 15 is 0 Å². The van der Waals surface area contributed by atoms with Gasteiger partial charge < -0.3 is 20.1 Å². The molecule has 3 N–H and O–H groups in total. The van der Waals surface area contributed by atoms with Crippen molar-refractivity contribution in [2.45, 2.75) is 19.9 Å². The number of aliphatic carboxylic acids is 1. The molecule has 0 bridgehead atoms. The summed E-state index contributed by atoms with van der Waals surface area (Å²) in [5.74, 6) is -4.19. The first kappa shape index (κ1) is 14.6. The van der Waals surface area contributed by atoms with Crippen molar-refractivity contribution >= 4 is 34.4 Å². The van der Waals surface area contributed by atoms with E-state index in [1.807, 2.05) is 24.6 Å². The van der Waals surface area contributed by atoms with Gasteiger partial charge in [0.25, 0.3) is 0 Å². The van der Waals surface area contributed by atoms with Gasteiger partial charge in [-0.15, -0.1) is 0 Å². The molecule has 1 aromatic heterocycles. The summed E-state index contributed by atoms with van der Waals surface area (Å²) in [6.45, 7) is 3.92. The lowest BCUT2D eigenvalue weighted by Gasteiger charge is -2.12. The second-order valence-electron chi connectivity index (χ2n) is 4.84. The molecule has 0 aliphatic carbocycles. The van der Waals surface area contributed by atoms with Crippen LogP contribution in [0.1, 0.15) is 30.2 Å². The number of carboxylic acids is 2. The SMILES string of the molecule is CC(C)n1ccc2cc(C(=O)O)c(NC(=O)C(=O)O)cc21. The van der Waals surface area contributed by atoms with Crippen molar-refractivity contribution < 1.29 is 24.6 Å². The average Bonchev–Trinajstić information content (AvgIpc) is 2.80. The summed E-state index contributed by atoms with van der Waals surface area (Å²) in [5.41, 5.74) is 0.525. The number of carboxylic acid groups (broad SMARTS) is 2. The number of carbonyl (C=O) groups excluding carboxylic acids is 1. The second kappa shape index (κ2) is 5.28. The van der Waals surface area contributed by atoms with Gasteiger partial charge in [0.05, 0.1) is 16.8 Å². The van der Waals surface area contributed by atoms with Gasteiger partial charge >= 0.3 is 17.8 Å². The van der Waals surface area contributed by atoms with Crippen molar-refractivity contribution in [1.82, 2.24) is 4.57 Å². The molecule has 0 aliphatic heterocycles. The summed E-state index contributed by atoms with van der Waals surface area (Å²) in [5, 5.41) is 20.6. The van der Waals surface area contributed by atoms with Crippen LogP contribution in [0.15, 0.2) is 24.4 Å². The highest BCUT2D eigenvalue weighted by atomic mass is 16.4. The predicted molar refractivity (Wildman–Crippen MR) is 75.5 cm³/mol. The summed E-state index contributed by atoms with van der Waals surface area (Å²) >= 11 is 0. The fourth-order valence-electron chi connectivity index (χ4n) is 2.11. The van der Waals surface area contributed by atoms with Gasteiger partial charge in [0, 0.05) is 17.6 Å². The molecule has 0 saturated carbocycles. The van der Waals surface area contributed by atoms with Gasteiger partial charge in [0.1, 0.15) is 0 Å². The minimum absolute atomic E-state index is 0.0389. The second-order valence-corrected chi connectivity index (χ2v) is 4.84. The lowest BCUT2D eigenvalue weighted by molar-refractivity contribution is -0.147. The summed E-state index contributed by atoms with van der Waals surface area (Å²) in [4.78, 5) is 33.1. The van der Waals surface area contributed by atoms with Crippen LogP contribution in [0.5, 0.6) is 0 Å². The smallest absolute Gasteiger partial charge is 0.394 e. The highest BCUT2D eigenvalue weighted by Crippen LogP contribution is 2.27. The van der Waals surface area contributed by atoms with Gasteiger partial charge in [0.2, 0.25) is 0 Å². The van der Waals surface area contributed by atoms with E-state index in [1.165, 1.54) is 12.1 Å². The van der Waals surface area contributed by atoms with E-state index in [4.69, 9.17) is 5.11 Å². The molecule has 0 unspecified atom stereocenters. The van der Waals surface area contributed by atoms with Crippen LogP contribution in [0.3, 0.4) is 0 Å². The zero-order valence-corrected chi connectivity index (χ0v) is 11.5. The van der Waals surface area contributed by atoms with Gasteiger partial charge in [0.15, 0.2) is 0 Å². The molecule has 0 saturated heterocycles. The van der Waals surface area contributed by atoms with Gasteiger partial charge in [-0.1, -0.05) is 0 Å². The predicted octanol–water partition coefficient (Wildman–Crippen LogP) is 1.94. The molecule has 7 nitrogen and oxygen atoms in total. The van der Waals surface area contributed by atoms with Gasteiger partial charge in [-0.25, -0.2) is 9.59 Å². The fraction of sp³-hybridized carbons (Fsp3) is 0.214. The number of rotatable bonds is 3. The van der Waals surface area contributed by atoms with E-state index in [2.05, 4.69) is 5.32 Å². The third kappa shape index (κ3) is 2.71. The standard InChI is InChI=1S/C14H14N2O5/c1-7(2)16-4-3-8-5-9(13(18)19)10(6-11(8)16)15-12(17)14(20)21/h3-7H,1-2H3,(H,15,17)(H,18,19)(H,20,21). The third-order valence-corrected chi connectivity index (χ3v) is 3.09. The molecular formula is C14H14N2O5. The van der Waals surface area contributed by atoms with E-state index in [0.717, 1.165) is 5.52 Å². The molecule has 0 radical (unpaired) electrons. The number of nitrogens with one attached hydrogen (secondary N) is 1. The number of nitrogens with zero attached hydrogens (tertiary/aromatic N) is 1. The highest BCUT2D eigenvalue weighted by molar-refractivity contribution is 6.37. The Labute approximate surface area is 119 Å². The lowest BCUT2D eigenvalue weighted by atomic mass is 10.1. The first-order chi connectivity index (χ1) is 9.81. The number of anilines is 1. The zero-order valence-electron chi connectivity index (χ0n) is 11.5. The number of benzene rings is 1. The maximum Gasteiger partial charge on any atom is 0.394 e. The van der Waals surface area contributed by atoms with Gasteiger partial charge in [-0.2, -0.15) is 0 Å². The van der Waals surface area contributed by atoms with Crippen molar-refractivity contribution in [3.05, 3.63) is 30.0 Å².